The van der Waals surface area contributed by atoms with Crippen molar-refractivity contribution in [3.05, 3.63) is 12.3 Å². The molecule has 0 aromatic rings. The van der Waals surface area contributed by atoms with Crippen molar-refractivity contribution in [3.8, 4) is 0 Å². The normalized spacial score (nSPS) is 33.5. The van der Waals surface area contributed by atoms with Gasteiger partial charge in [0.15, 0.2) is 5.78 Å². The van der Waals surface area contributed by atoms with Crippen LogP contribution in [-0.2, 0) is 9.53 Å². The first-order valence-electron chi connectivity index (χ1n) is 10.7. The SMILES string of the molecule is CC(C)[C@@H]1CC[C@@H](C)C[C@H]1OC(=O)N1C=CC(=O)C[C@H]1C1CCCCC1. The summed E-state index contributed by atoms with van der Waals surface area (Å²) in [5, 5.41) is 0. The molecule has 4 nitrogen and oxygen atoms in total. The summed E-state index contributed by atoms with van der Waals surface area (Å²) in [6, 6.07) is -0.0150. The summed E-state index contributed by atoms with van der Waals surface area (Å²) in [5.41, 5.74) is 0. The van der Waals surface area contributed by atoms with E-state index < -0.39 is 0 Å². The maximum absolute atomic E-state index is 13.0. The van der Waals surface area contributed by atoms with Crippen molar-refractivity contribution in [2.75, 3.05) is 0 Å². The first-order valence-corrected chi connectivity index (χ1v) is 10.7. The predicted molar refractivity (Wildman–Crippen MR) is 103 cm³/mol. The summed E-state index contributed by atoms with van der Waals surface area (Å²) >= 11 is 0. The summed E-state index contributed by atoms with van der Waals surface area (Å²) in [6.07, 6.45) is 12.7. The van der Waals surface area contributed by atoms with Crippen molar-refractivity contribution in [3.63, 3.8) is 0 Å². The summed E-state index contributed by atoms with van der Waals surface area (Å²) in [4.78, 5) is 26.8. The molecule has 146 valence electrons. The van der Waals surface area contributed by atoms with Gasteiger partial charge in [-0.05, 0) is 55.4 Å². The van der Waals surface area contributed by atoms with Gasteiger partial charge >= 0.3 is 6.09 Å². The number of ketones is 1. The number of hydrogen-bond acceptors (Lipinski definition) is 3. The molecule has 26 heavy (non-hydrogen) atoms. The number of hydrogen-bond donors (Lipinski definition) is 0. The highest BCUT2D eigenvalue weighted by atomic mass is 16.6. The van der Waals surface area contributed by atoms with Crippen LogP contribution in [0.15, 0.2) is 12.3 Å². The van der Waals surface area contributed by atoms with Crippen LogP contribution in [0.25, 0.3) is 0 Å². The topological polar surface area (TPSA) is 46.6 Å². The van der Waals surface area contributed by atoms with E-state index in [4.69, 9.17) is 4.74 Å². The molecular formula is C22H35NO3. The van der Waals surface area contributed by atoms with Crippen molar-refractivity contribution in [1.82, 2.24) is 4.90 Å². The summed E-state index contributed by atoms with van der Waals surface area (Å²) in [5.74, 6) is 2.13. The Bertz CT molecular complexity index is 536. The molecule has 3 aliphatic rings. The van der Waals surface area contributed by atoms with Gasteiger partial charge in [0.05, 0.1) is 0 Å². The minimum Gasteiger partial charge on any atom is -0.446 e. The Morgan fingerprint density at radius 3 is 2.58 bits per heavy atom. The molecule has 0 aromatic heterocycles. The van der Waals surface area contributed by atoms with Gasteiger partial charge in [-0.25, -0.2) is 4.79 Å². The first-order chi connectivity index (χ1) is 12.5. The van der Waals surface area contributed by atoms with Crippen molar-refractivity contribution >= 4 is 11.9 Å². The largest absolute Gasteiger partial charge is 0.446 e. The van der Waals surface area contributed by atoms with Gasteiger partial charge in [-0.15, -0.1) is 0 Å². The molecule has 2 fully saturated rings. The van der Waals surface area contributed by atoms with E-state index in [1.165, 1.54) is 25.7 Å². The zero-order chi connectivity index (χ0) is 18.7. The van der Waals surface area contributed by atoms with E-state index in [1.807, 2.05) is 0 Å². The average molecular weight is 362 g/mol. The van der Waals surface area contributed by atoms with Crippen LogP contribution in [0, 0.1) is 23.7 Å². The van der Waals surface area contributed by atoms with Gasteiger partial charge in [0, 0.05) is 18.7 Å². The molecule has 4 atom stereocenters. The molecule has 0 aromatic carbocycles. The Labute approximate surface area is 158 Å². The summed E-state index contributed by atoms with van der Waals surface area (Å²) in [7, 11) is 0. The lowest BCUT2D eigenvalue weighted by Gasteiger charge is -2.41. The monoisotopic (exact) mass is 361 g/mol. The molecule has 4 heteroatoms. The minimum atomic E-state index is -0.242. The van der Waals surface area contributed by atoms with Crippen LogP contribution >= 0.6 is 0 Å². The second-order valence-corrected chi connectivity index (χ2v) is 9.11. The molecule has 0 spiro atoms. The van der Waals surface area contributed by atoms with Crippen LogP contribution in [-0.4, -0.2) is 28.9 Å². The molecule has 2 saturated carbocycles. The Morgan fingerprint density at radius 1 is 1.15 bits per heavy atom. The van der Waals surface area contributed by atoms with Gasteiger partial charge in [0.2, 0.25) is 0 Å². The lowest BCUT2D eigenvalue weighted by atomic mass is 9.75. The van der Waals surface area contributed by atoms with E-state index in [0.29, 0.717) is 30.1 Å². The second kappa shape index (κ2) is 8.58. The number of ether oxygens (including phenoxy) is 1. The van der Waals surface area contributed by atoms with E-state index in [9.17, 15) is 9.59 Å². The van der Waals surface area contributed by atoms with Crippen LogP contribution in [0.1, 0.15) is 78.6 Å². The van der Waals surface area contributed by atoms with Gasteiger partial charge in [0.25, 0.3) is 0 Å². The fourth-order valence-corrected chi connectivity index (χ4v) is 5.20. The highest BCUT2D eigenvalue weighted by Gasteiger charge is 2.38. The molecule has 3 rings (SSSR count). The Balaban J connectivity index is 1.71. The fraction of sp³-hybridized carbons (Fsp3) is 0.818. The molecule has 2 aliphatic carbocycles. The van der Waals surface area contributed by atoms with Gasteiger partial charge in [-0.2, -0.15) is 0 Å². The number of carbonyl (C=O) groups excluding carboxylic acids is 2. The summed E-state index contributed by atoms with van der Waals surface area (Å²) in [6.45, 7) is 6.71. The fourth-order valence-electron chi connectivity index (χ4n) is 5.20. The van der Waals surface area contributed by atoms with E-state index >= 15 is 0 Å². The van der Waals surface area contributed by atoms with Crippen molar-refractivity contribution in [2.45, 2.75) is 90.7 Å². The van der Waals surface area contributed by atoms with Crippen LogP contribution in [0.4, 0.5) is 4.79 Å². The highest BCUT2D eigenvalue weighted by Crippen LogP contribution is 2.37. The highest BCUT2D eigenvalue weighted by molar-refractivity contribution is 5.92. The Kier molecular flexibility index (Phi) is 6.42. The molecule has 0 saturated heterocycles. The van der Waals surface area contributed by atoms with Crippen LogP contribution in [0.3, 0.4) is 0 Å². The quantitative estimate of drug-likeness (QED) is 0.683. The standard InChI is InChI=1S/C22H35NO3/c1-15(2)19-10-9-16(3)13-21(19)26-22(25)23-12-11-18(24)14-20(23)17-7-5-4-6-8-17/h11-12,15-17,19-21H,4-10,13-14H2,1-3H3/t16-,19+,20+,21-/m1/s1. The third kappa shape index (κ3) is 4.50. The number of rotatable bonds is 3. The second-order valence-electron chi connectivity index (χ2n) is 9.11. The molecule has 1 aliphatic heterocycles. The van der Waals surface area contributed by atoms with Crippen molar-refractivity contribution in [2.24, 2.45) is 23.7 Å². The van der Waals surface area contributed by atoms with E-state index in [-0.39, 0.29) is 24.0 Å². The maximum atomic E-state index is 13.0. The first kappa shape index (κ1) is 19.4. The lowest BCUT2D eigenvalue weighted by molar-refractivity contribution is -0.116. The number of carbonyl (C=O) groups is 2. The molecule has 0 unspecified atom stereocenters. The third-order valence-electron chi connectivity index (χ3n) is 6.81. The van der Waals surface area contributed by atoms with Crippen molar-refractivity contribution in [1.29, 1.82) is 0 Å². The smallest absolute Gasteiger partial charge is 0.414 e. The molecular weight excluding hydrogens is 326 g/mol. The van der Waals surface area contributed by atoms with E-state index in [2.05, 4.69) is 20.8 Å². The third-order valence-corrected chi connectivity index (χ3v) is 6.81. The minimum absolute atomic E-state index is 0.00397. The van der Waals surface area contributed by atoms with E-state index in [1.54, 1.807) is 17.2 Å². The van der Waals surface area contributed by atoms with Crippen molar-refractivity contribution < 1.29 is 14.3 Å². The maximum Gasteiger partial charge on any atom is 0.414 e. The van der Waals surface area contributed by atoms with Gasteiger partial charge in [-0.1, -0.05) is 46.5 Å². The Hall–Kier alpha value is -1.32. The number of allylic oxidation sites excluding steroid dienone is 1. The zero-order valence-electron chi connectivity index (χ0n) is 16.7. The van der Waals surface area contributed by atoms with Crippen LogP contribution in [0.2, 0.25) is 0 Å². The summed E-state index contributed by atoms with van der Waals surface area (Å²) < 4.78 is 6.06. The molecule has 0 radical (unpaired) electrons. The number of nitrogens with zero attached hydrogens (tertiary/aromatic N) is 1. The molecule has 1 heterocycles. The zero-order valence-corrected chi connectivity index (χ0v) is 16.7. The number of amides is 1. The van der Waals surface area contributed by atoms with Crippen LogP contribution < -0.4 is 0 Å². The van der Waals surface area contributed by atoms with Crippen LogP contribution in [0.5, 0.6) is 0 Å². The molecule has 1 amide bonds. The van der Waals surface area contributed by atoms with E-state index in [0.717, 1.165) is 25.7 Å². The molecule has 0 N–H and O–H groups in total. The van der Waals surface area contributed by atoms with Gasteiger partial charge < -0.3 is 4.74 Å². The molecule has 0 bridgehead atoms. The average Bonchev–Trinajstić information content (AvgIpc) is 2.62. The predicted octanol–water partition coefficient (Wildman–Crippen LogP) is 5.32. The Morgan fingerprint density at radius 2 is 1.88 bits per heavy atom. The lowest BCUT2D eigenvalue weighted by Crippen LogP contribution is -2.47. The van der Waals surface area contributed by atoms with Gasteiger partial charge in [-0.3, -0.25) is 9.69 Å². The van der Waals surface area contributed by atoms with Gasteiger partial charge in [0.1, 0.15) is 6.10 Å².